The number of carboxylic acids is 1. The largest absolute Gasteiger partial charge is 0.489 e. The molecule has 0 aromatic carbocycles. The van der Waals surface area contributed by atoms with Gasteiger partial charge in [0.15, 0.2) is 0 Å². The van der Waals surface area contributed by atoms with Crippen molar-refractivity contribution in [2.75, 3.05) is 0 Å². The fourth-order valence-corrected chi connectivity index (χ4v) is 5.30. The van der Waals surface area contributed by atoms with Gasteiger partial charge in [0.05, 0.1) is 17.5 Å². The van der Waals surface area contributed by atoms with Crippen LogP contribution in [0.15, 0.2) is 24.4 Å². The molecule has 13 heteroatoms. The Bertz CT molecular complexity index is 1320. The molecule has 2 saturated carbocycles. The van der Waals surface area contributed by atoms with E-state index < -0.39 is 29.7 Å². The Kier molecular flexibility index (Phi) is 6.46. The molecule has 1 N–H and O–H groups in total. The van der Waals surface area contributed by atoms with E-state index in [1.54, 1.807) is 26.1 Å². The Morgan fingerprint density at radius 2 is 2.08 bits per heavy atom. The van der Waals surface area contributed by atoms with Crippen molar-refractivity contribution in [3.05, 3.63) is 41.5 Å². The number of alkyl halides is 3. The van der Waals surface area contributed by atoms with Crippen molar-refractivity contribution >= 4 is 5.97 Å². The molecule has 0 radical (unpaired) electrons. The van der Waals surface area contributed by atoms with Crippen LogP contribution in [0, 0.1) is 18.8 Å². The third kappa shape index (κ3) is 4.69. The van der Waals surface area contributed by atoms with Gasteiger partial charge in [-0.1, -0.05) is 5.21 Å². The van der Waals surface area contributed by atoms with Crippen LogP contribution in [0.4, 0.5) is 13.2 Å². The van der Waals surface area contributed by atoms with E-state index in [1.165, 1.54) is 10.9 Å². The minimum absolute atomic E-state index is 0.00819. The summed E-state index contributed by atoms with van der Waals surface area (Å²) < 4.78 is 53.9. The maximum absolute atomic E-state index is 15.0. The summed E-state index contributed by atoms with van der Waals surface area (Å²) >= 11 is 0. The molecule has 0 bridgehead atoms. The fourth-order valence-electron chi connectivity index (χ4n) is 5.30. The van der Waals surface area contributed by atoms with E-state index in [9.17, 15) is 23.1 Å². The van der Waals surface area contributed by atoms with Gasteiger partial charge in [0, 0.05) is 19.2 Å². The van der Waals surface area contributed by atoms with Crippen LogP contribution in [0.1, 0.15) is 49.2 Å². The highest BCUT2D eigenvalue weighted by Gasteiger charge is 2.58. The number of aliphatic carboxylic acids is 1. The molecule has 3 heterocycles. The van der Waals surface area contributed by atoms with E-state index in [0.717, 1.165) is 6.07 Å². The smallest absolute Gasteiger partial charge is 0.341 e. The van der Waals surface area contributed by atoms with Crippen molar-refractivity contribution in [3.63, 3.8) is 0 Å². The number of aromatic nitrogens is 6. The second-order valence-corrected chi connectivity index (χ2v) is 9.43. The van der Waals surface area contributed by atoms with Crippen molar-refractivity contribution in [1.29, 1.82) is 0 Å². The summed E-state index contributed by atoms with van der Waals surface area (Å²) in [5.41, 5.74) is -0.590. The van der Waals surface area contributed by atoms with Crippen LogP contribution in [0.2, 0.25) is 0 Å². The quantitative estimate of drug-likeness (QED) is 0.473. The average molecular weight is 518 g/mol. The summed E-state index contributed by atoms with van der Waals surface area (Å²) in [7, 11) is 1.66. The molecular formula is C24H25F3N6O4. The molecular weight excluding hydrogens is 493 g/mol. The van der Waals surface area contributed by atoms with Gasteiger partial charge in [-0.2, -0.15) is 4.98 Å². The van der Waals surface area contributed by atoms with Crippen LogP contribution in [-0.2, 0) is 18.4 Å². The molecule has 2 fully saturated rings. The normalized spacial score (nSPS) is 24.9. The topological polar surface area (TPSA) is 125 Å². The van der Waals surface area contributed by atoms with E-state index in [0.29, 0.717) is 47.8 Å². The Morgan fingerprint density at radius 3 is 2.81 bits per heavy atom. The minimum atomic E-state index is -2.74. The molecule has 5 rings (SSSR count). The SMILES string of the molecule is Cc1nc(-c2nnn(C)c2COc2nccc(C(F)F)n2)ccc1O[C@H]1C[C@H]2CC[C@@](F)(C(=O)O)[C@H]2C1. The van der Waals surface area contributed by atoms with Crippen molar-refractivity contribution in [1.82, 2.24) is 29.9 Å². The van der Waals surface area contributed by atoms with Gasteiger partial charge < -0.3 is 14.6 Å². The van der Waals surface area contributed by atoms with E-state index in [-0.39, 0.29) is 31.1 Å². The van der Waals surface area contributed by atoms with Gasteiger partial charge in [-0.15, -0.1) is 5.10 Å². The number of halogens is 3. The lowest BCUT2D eigenvalue weighted by atomic mass is 9.89. The number of nitrogens with zero attached hydrogens (tertiary/aromatic N) is 6. The number of carbonyl (C=O) groups is 1. The fraction of sp³-hybridized carbons (Fsp3) is 0.500. The number of rotatable bonds is 8. The van der Waals surface area contributed by atoms with E-state index >= 15 is 0 Å². The third-order valence-electron chi connectivity index (χ3n) is 7.21. The van der Waals surface area contributed by atoms with Crippen LogP contribution < -0.4 is 9.47 Å². The Balaban J connectivity index is 1.29. The van der Waals surface area contributed by atoms with Crippen LogP contribution >= 0.6 is 0 Å². The lowest BCUT2D eigenvalue weighted by Gasteiger charge is -2.22. The first-order chi connectivity index (χ1) is 17.7. The van der Waals surface area contributed by atoms with Crippen LogP contribution in [0.25, 0.3) is 11.4 Å². The van der Waals surface area contributed by atoms with E-state index in [4.69, 9.17) is 9.47 Å². The zero-order valence-electron chi connectivity index (χ0n) is 20.1. The van der Waals surface area contributed by atoms with Crippen LogP contribution in [-0.4, -0.2) is 52.8 Å². The summed E-state index contributed by atoms with van der Waals surface area (Å²) in [6, 6.07) is 4.36. The molecule has 10 nitrogen and oxygen atoms in total. The molecule has 4 atom stereocenters. The van der Waals surface area contributed by atoms with E-state index in [2.05, 4.69) is 25.3 Å². The summed E-state index contributed by atoms with van der Waals surface area (Å²) in [5.74, 6) is -1.42. The van der Waals surface area contributed by atoms with Gasteiger partial charge in [-0.3, -0.25) is 0 Å². The Morgan fingerprint density at radius 1 is 1.27 bits per heavy atom. The molecule has 3 aromatic heterocycles. The first kappa shape index (κ1) is 24.9. The predicted molar refractivity (Wildman–Crippen MR) is 122 cm³/mol. The average Bonchev–Trinajstić information content (AvgIpc) is 3.54. The number of fused-ring (bicyclic) bond motifs is 1. The van der Waals surface area contributed by atoms with Gasteiger partial charge in [0.2, 0.25) is 5.67 Å². The predicted octanol–water partition coefficient (Wildman–Crippen LogP) is 3.85. The number of pyridine rings is 1. The zero-order chi connectivity index (χ0) is 26.3. The molecule has 196 valence electrons. The number of ether oxygens (including phenoxy) is 2. The highest BCUT2D eigenvalue weighted by Crippen LogP contribution is 2.52. The molecule has 0 aliphatic heterocycles. The third-order valence-corrected chi connectivity index (χ3v) is 7.21. The molecule has 2 aliphatic rings. The number of hydrogen-bond acceptors (Lipinski definition) is 8. The Labute approximate surface area is 209 Å². The molecule has 2 aliphatic carbocycles. The lowest BCUT2D eigenvalue weighted by molar-refractivity contribution is -0.153. The van der Waals surface area contributed by atoms with Crippen molar-refractivity contribution in [2.45, 2.75) is 57.4 Å². The van der Waals surface area contributed by atoms with Gasteiger partial charge >= 0.3 is 12.0 Å². The first-order valence-corrected chi connectivity index (χ1v) is 11.8. The van der Waals surface area contributed by atoms with Crippen LogP contribution in [0.5, 0.6) is 11.8 Å². The minimum Gasteiger partial charge on any atom is -0.489 e. The number of carboxylic acid groups (broad SMARTS) is 1. The maximum Gasteiger partial charge on any atom is 0.341 e. The highest BCUT2D eigenvalue weighted by atomic mass is 19.3. The molecule has 0 spiro atoms. The molecule has 0 unspecified atom stereocenters. The number of aryl methyl sites for hydroxylation is 2. The lowest BCUT2D eigenvalue weighted by Crippen LogP contribution is -2.38. The summed E-state index contributed by atoms with van der Waals surface area (Å²) in [4.78, 5) is 23.6. The molecule has 3 aromatic rings. The van der Waals surface area contributed by atoms with E-state index in [1.807, 2.05) is 0 Å². The van der Waals surface area contributed by atoms with Gasteiger partial charge in [-0.05, 0) is 56.7 Å². The summed E-state index contributed by atoms with van der Waals surface area (Å²) in [6.07, 6.45) is -0.303. The first-order valence-electron chi connectivity index (χ1n) is 11.8. The summed E-state index contributed by atoms with van der Waals surface area (Å²) in [5, 5.41) is 17.5. The second kappa shape index (κ2) is 9.60. The maximum atomic E-state index is 15.0. The van der Waals surface area contributed by atoms with Gasteiger partial charge in [0.1, 0.15) is 29.4 Å². The summed E-state index contributed by atoms with van der Waals surface area (Å²) in [6.45, 7) is 1.69. The molecule has 0 amide bonds. The molecule has 0 saturated heterocycles. The highest BCUT2D eigenvalue weighted by molar-refractivity contribution is 5.78. The molecule has 37 heavy (non-hydrogen) atoms. The van der Waals surface area contributed by atoms with Crippen molar-refractivity contribution < 1.29 is 32.5 Å². The van der Waals surface area contributed by atoms with Gasteiger partial charge in [0.25, 0.3) is 6.43 Å². The van der Waals surface area contributed by atoms with Crippen molar-refractivity contribution in [2.24, 2.45) is 18.9 Å². The van der Waals surface area contributed by atoms with Gasteiger partial charge in [-0.25, -0.2) is 32.6 Å². The Hall–Kier alpha value is -3.77. The van der Waals surface area contributed by atoms with Crippen LogP contribution in [0.3, 0.4) is 0 Å². The standard InChI is InChI=1S/C24H25F3N6O4/c1-12-19(37-14-9-13-5-7-24(27,22(34)35)15(13)10-14)4-3-16(29-12)20-18(33(2)32-31-20)11-36-23-28-8-6-17(30-23)21(25)26/h3-4,6,8,13-15,21H,5,7,9-11H2,1-2H3,(H,34,35)/t13-,14+,15+,24+/m1/s1. The van der Waals surface area contributed by atoms with Crippen molar-refractivity contribution in [3.8, 4) is 23.1 Å². The second-order valence-electron chi connectivity index (χ2n) is 9.43. The zero-order valence-corrected chi connectivity index (χ0v) is 20.1. The number of hydrogen-bond donors (Lipinski definition) is 1. The monoisotopic (exact) mass is 518 g/mol.